The Morgan fingerprint density at radius 2 is 1.90 bits per heavy atom. The Morgan fingerprint density at radius 1 is 1.15 bits per heavy atom. The molecule has 1 unspecified atom stereocenters. The van der Waals surface area contributed by atoms with Crippen LogP contribution in [0.5, 0.6) is 0 Å². The zero-order chi connectivity index (χ0) is 15.1. The Morgan fingerprint density at radius 3 is 2.60 bits per heavy atom. The highest BCUT2D eigenvalue weighted by atomic mass is 16.5. The molecule has 0 heterocycles. The summed E-state index contributed by atoms with van der Waals surface area (Å²) in [5.74, 6) is -0.119. The molecule has 1 N–H and O–H groups in total. The minimum atomic E-state index is -0.394. The molecule has 0 aromatic rings. The summed E-state index contributed by atoms with van der Waals surface area (Å²) in [7, 11) is 1.43. The topological polar surface area (TPSA) is 46.5 Å². The van der Waals surface area contributed by atoms with E-state index in [1.807, 2.05) is 31.2 Å². The second-order valence-electron chi connectivity index (χ2n) is 4.71. The van der Waals surface area contributed by atoms with E-state index < -0.39 is 6.10 Å². The fraction of sp³-hybridized carbons (Fsp3) is 0.588. The van der Waals surface area contributed by atoms with Gasteiger partial charge >= 0.3 is 5.97 Å². The van der Waals surface area contributed by atoms with Gasteiger partial charge in [-0.3, -0.25) is 4.79 Å². The predicted molar refractivity (Wildman–Crippen MR) is 83.4 cm³/mol. The molecule has 1 atom stereocenters. The van der Waals surface area contributed by atoms with Crippen LogP contribution in [0.2, 0.25) is 0 Å². The third-order valence-corrected chi connectivity index (χ3v) is 2.92. The van der Waals surface area contributed by atoms with Crippen LogP contribution < -0.4 is 0 Å². The Kier molecular flexibility index (Phi) is 13.1. The van der Waals surface area contributed by atoms with Crippen molar-refractivity contribution >= 4 is 5.97 Å². The first kappa shape index (κ1) is 18.7. The van der Waals surface area contributed by atoms with E-state index in [1.165, 1.54) is 7.11 Å². The van der Waals surface area contributed by atoms with Crippen LogP contribution in [-0.2, 0) is 9.53 Å². The van der Waals surface area contributed by atoms with E-state index in [-0.39, 0.29) is 5.97 Å². The van der Waals surface area contributed by atoms with Crippen molar-refractivity contribution < 1.29 is 14.6 Å². The Balaban J connectivity index is 3.44. The van der Waals surface area contributed by atoms with Crippen molar-refractivity contribution in [2.75, 3.05) is 7.11 Å². The molecule has 20 heavy (non-hydrogen) atoms. The van der Waals surface area contributed by atoms with Crippen LogP contribution in [0.25, 0.3) is 0 Å². The maximum absolute atomic E-state index is 10.9. The van der Waals surface area contributed by atoms with Crippen LogP contribution >= 0.6 is 0 Å². The summed E-state index contributed by atoms with van der Waals surface area (Å²) < 4.78 is 4.58. The second kappa shape index (κ2) is 14.1. The number of carbonyl (C=O) groups excluding carboxylic acids is 1. The third-order valence-electron chi connectivity index (χ3n) is 2.92. The number of carbonyl (C=O) groups is 1. The highest BCUT2D eigenvalue weighted by Crippen LogP contribution is 2.06. The van der Waals surface area contributed by atoms with Crippen molar-refractivity contribution in [3.05, 3.63) is 36.5 Å². The van der Waals surface area contributed by atoms with Crippen molar-refractivity contribution in [3.8, 4) is 0 Å². The molecule has 0 aromatic heterocycles. The SMILES string of the molecule is CC=CCC(O)C=CC=CCCCCCCC(=O)OC. The van der Waals surface area contributed by atoms with Gasteiger partial charge in [0.1, 0.15) is 0 Å². The van der Waals surface area contributed by atoms with Crippen molar-refractivity contribution in [2.45, 2.75) is 58.0 Å². The van der Waals surface area contributed by atoms with Crippen molar-refractivity contribution in [2.24, 2.45) is 0 Å². The molecule has 3 nitrogen and oxygen atoms in total. The number of methoxy groups -OCH3 is 1. The Bertz CT molecular complexity index is 316. The average molecular weight is 280 g/mol. The molecule has 0 aliphatic rings. The quantitative estimate of drug-likeness (QED) is 0.270. The van der Waals surface area contributed by atoms with E-state index in [4.69, 9.17) is 0 Å². The maximum Gasteiger partial charge on any atom is 0.305 e. The molecule has 0 aliphatic carbocycles. The summed E-state index contributed by atoms with van der Waals surface area (Å²) in [5, 5.41) is 9.54. The van der Waals surface area contributed by atoms with E-state index in [0.717, 1.165) is 32.1 Å². The van der Waals surface area contributed by atoms with Gasteiger partial charge in [0.05, 0.1) is 13.2 Å². The Hall–Kier alpha value is -1.35. The van der Waals surface area contributed by atoms with E-state index in [0.29, 0.717) is 12.8 Å². The van der Waals surface area contributed by atoms with E-state index >= 15 is 0 Å². The monoisotopic (exact) mass is 280 g/mol. The van der Waals surface area contributed by atoms with Gasteiger partial charge in [-0.15, -0.1) is 0 Å². The van der Waals surface area contributed by atoms with Gasteiger partial charge in [-0.25, -0.2) is 0 Å². The fourth-order valence-corrected chi connectivity index (χ4v) is 1.71. The molecule has 0 bridgehead atoms. The summed E-state index contributed by atoms with van der Waals surface area (Å²) >= 11 is 0. The maximum atomic E-state index is 10.9. The summed E-state index contributed by atoms with van der Waals surface area (Å²) in [4.78, 5) is 10.9. The number of hydrogen-bond acceptors (Lipinski definition) is 3. The first-order valence-electron chi connectivity index (χ1n) is 7.40. The normalized spacial score (nSPS) is 13.6. The fourth-order valence-electron chi connectivity index (χ4n) is 1.71. The Labute approximate surface area is 123 Å². The predicted octanol–water partition coefficient (Wildman–Crippen LogP) is 3.94. The molecular formula is C17H28O3. The number of ether oxygens (including phenoxy) is 1. The minimum Gasteiger partial charge on any atom is -0.469 e. The summed E-state index contributed by atoms with van der Waals surface area (Å²) in [6, 6.07) is 0. The lowest BCUT2D eigenvalue weighted by molar-refractivity contribution is -0.140. The molecular weight excluding hydrogens is 252 g/mol. The molecule has 3 heteroatoms. The lowest BCUT2D eigenvalue weighted by Crippen LogP contribution is -1.99. The molecule has 0 saturated carbocycles. The van der Waals surface area contributed by atoms with Crippen molar-refractivity contribution in [1.29, 1.82) is 0 Å². The lowest BCUT2D eigenvalue weighted by Gasteiger charge is -1.99. The van der Waals surface area contributed by atoms with Gasteiger partial charge in [0.25, 0.3) is 0 Å². The van der Waals surface area contributed by atoms with Crippen LogP contribution in [-0.4, -0.2) is 24.3 Å². The molecule has 0 saturated heterocycles. The van der Waals surface area contributed by atoms with Gasteiger partial charge in [0.15, 0.2) is 0 Å². The molecule has 0 radical (unpaired) electrons. The van der Waals surface area contributed by atoms with Crippen LogP contribution in [0.15, 0.2) is 36.5 Å². The second-order valence-corrected chi connectivity index (χ2v) is 4.71. The zero-order valence-electron chi connectivity index (χ0n) is 12.8. The van der Waals surface area contributed by atoms with Gasteiger partial charge in [0, 0.05) is 6.42 Å². The highest BCUT2D eigenvalue weighted by molar-refractivity contribution is 5.68. The van der Waals surface area contributed by atoms with E-state index in [1.54, 1.807) is 6.08 Å². The van der Waals surface area contributed by atoms with Crippen molar-refractivity contribution in [1.82, 2.24) is 0 Å². The zero-order valence-corrected chi connectivity index (χ0v) is 12.8. The number of unbranched alkanes of at least 4 members (excludes halogenated alkanes) is 4. The number of rotatable bonds is 11. The van der Waals surface area contributed by atoms with Crippen LogP contribution in [0.4, 0.5) is 0 Å². The molecule has 0 rings (SSSR count). The van der Waals surface area contributed by atoms with Crippen LogP contribution in [0.3, 0.4) is 0 Å². The number of aliphatic hydroxyl groups is 1. The largest absolute Gasteiger partial charge is 0.469 e. The van der Waals surface area contributed by atoms with Crippen molar-refractivity contribution in [3.63, 3.8) is 0 Å². The van der Waals surface area contributed by atoms with Crippen LogP contribution in [0.1, 0.15) is 51.9 Å². The number of allylic oxidation sites excluding steroid dienone is 4. The summed E-state index contributed by atoms with van der Waals surface area (Å²) in [5.41, 5.74) is 0. The highest BCUT2D eigenvalue weighted by Gasteiger charge is 1.98. The van der Waals surface area contributed by atoms with E-state index in [9.17, 15) is 9.90 Å². The minimum absolute atomic E-state index is 0.119. The molecule has 0 amide bonds. The van der Waals surface area contributed by atoms with Gasteiger partial charge in [0.2, 0.25) is 0 Å². The number of esters is 1. The number of aliphatic hydroxyl groups excluding tert-OH is 1. The first-order valence-corrected chi connectivity index (χ1v) is 7.40. The molecule has 0 spiro atoms. The first-order chi connectivity index (χ1) is 9.70. The van der Waals surface area contributed by atoms with Gasteiger partial charge in [-0.2, -0.15) is 0 Å². The van der Waals surface area contributed by atoms with Gasteiger partial charge < -0.3 is 9.84 Å². The summed E-state index contributed by atoms with van der Waals surface area (Å²) in [6.07, 6.45) is 17.8. The molecule has 0 aromatic carbocycles. The third kappa shape index (κ3) is 13.1. The van der Waals surface area contributed by atoms with Crippen LogP contribution in [0, 0.1) is 0 Å². The smallest absolute Gasteiger partial charge is 0.305 e. The number of hydrogen-bond donors (Lipinski definition) is 1. The van der Waals surface area contributed by atoms with Gasteiger partial charge in [-0.05, 0) is 32.6 Å². The molecule has 0 aliphatic heterocycles. The lowest BCUT2D eigenvalue weighted by atomic mass is 10.1. The molecule has 0 fully saturated rings. The standard InChI is InChI=1S/C17H28O3/c1-3-4-13-16(18)14-11-9-7-5-6-8-10-12-15-17(19)20-2/h3-4,7,9,11,14,16,18H,5-6,8,10,12-13,15H2,1-2H3. The average Bonchev–Trinajstić information content (AvgIpc) is 2.46. The van der Waals surface area contributed by atoms with Gasteiger partial charge in [-0.1, -0.05) is 49.3 Å². The van der Waals surface area contributed by atoms with E-state index in [2.05, 4.69) is 10.8 Å². The molecule has 114 valence electrons. The summed E-state index contributed by atoms with van der Waals surface area (Å²) in [6.45, 7) is 1.95.